The largest absolute Gasteiger partial charge is 0.477 e. The van der Waals surface area contributed by atoms with E-state index in [1.54, 1.807) is 7.05 Å². The SMILES string of the molecule is CNC(=O)[C@H]1CN(CC(=O)NC[C@@H](C)c2ccccc2)c2ccccc2O1. The molecule has 0 bridgehead atoms. The molecule has 3 rings (SSSR count). The van der Waals surface area contributed by atoms with Crippen LogP contribution in [0.1, 0.15) is 18.4 Å². The Morgan fingerprint density at radius 1 is 1.15 bits per heavy atom. The Bertz CT molecular complexity index is 794. The van der Waals surface area contributed by atoms with E-state index in [0.717, 1.165) is 5.69 Å². The van der Waals surface area contributed by atoms with Crippen LogP contribution in [0, 0.1) is 0 Å². The lowest BCUT2D eigenvalue weighted by Gasteiger charge is -2.35. The summed E-state index contributed by atoms with van der Waals surface area (Å²) in [6, 6.07) is 17.5. The summed E-state index contributed by atoms with van der Waals surface area (Å²) in [6.07, 6.45) is -0.638. The summed E-state index contributed by atoms with van der Waals surface area (Å²) in [5.41, 5.74) is 2.01. The Labute approximate surface area is 159 Å². The molecule has 0 spiro atoms. The minimum absolute atomic E-state index is 0.0786. The predicted octanol–water partition coefficient (Wildman–Crippen LogP) is 1.92. The molecule has 0 radical (unpaired) electrons. The van der Waals surface area contributed by atoms with Gasteiger partial charge in [-0.25, -0.2) is 0 Å². The van der Waals surface area contributed by atoms with E-state index in [1.165, 1.54) is 5.56 Å². The lowest BCUT2D eigenvalue weighted by molar-refractivity contribution is -0.127. The molecule has 6 heteroatoms. The number of nitrogens with zero attached hydrogens (tertiary/aromatic N) is 1. The van der Waals surface area contributed by atoms with Gasteiger partial charge < -0.3 is 20.3 Å². The fourth-order valence-corrected chi connectivity index (χ4v) is 3.15. The number of hydrogen-bond donors (Lipinski definition) is 2. The second-order valence-corrected chi connectivity index (χ2v) is 6.68. The third kappa shape index (κ3) is 4.58. The van der Waals surface area contributed by atoms with Gasteiger partial charge in [-0.05, 0) is 23.6 Å². The molecule has 27 heavy (non-hydrogen) atoms. The monoisotopic (exact) mass is 367 g/mol. The first-order valence-electron chi connectivity index (χ1n) is 9.12. The minimum Gasteiger partial charge on any atom is -0.477 e. The molecule has 6 nitrogen and oxygen atoms in total. The van der Waals surface area contributed by atoms with Gasteiger partial charge in [0.05, 0.1) is 18.8 Å². The second kappa shape index (κ2) is 8.58. The molecule has 2 amide bonds. The van der Waals surface area contributed by atoms with E-state index in [9.17, 15) is 9.59 Å². The molecule has 1 aliphatic rings. The van der Waals surface area contributed by atoms with Crippen LogP contribution >= 0.6 is 0 Å². The van der Waals surface area contributed by atoms with Crippen molar-refractivity contribution >= 4 is 17.5 Å². The summed E-state index contributed by atoms with van der Waals surface area (Å²) in [5, 5.41) is 5.60. The van der Waals surface area contributed by atoms with E-state index in [-0.39, 0.29) is 24.3 Å². The van der Waals surface area contributed by atoms with Crippen LogP contribution < -0.4 is 20.3 Å². The number of nitrogens with one attached hydrogen (secondary N) is 2. The third-order valence-electron chi connectivity index (χ3n) is 4.71. The summed E-state index contributed by atoms with van der Waals surface area (Å²) in [7, 11) is 1.58. The van der Waals surface area contributed by atoms with Crippen molar-refractivity contribution in [1.29, 1.82) is 0 Å². The van der Waals surface area contributed by atoms with E-state index in [0.29, 0.717) is 18.8 Å². The van der Waals surface area contributed by atoms with Gasteiger partial charge in [-0.15, -0.1) is 0 Å². The number of rotatable bonds is 6. The van der Waals surface area contributed by atoms with Crippen molar-refractivity contribution in [3.63, 3.8) is 0 Å². The number of para-hydroxylation sites is 2. The summed E-state index contributed by atoms with van der Waals surface area (Å²) in [6.45, 7) is 3.16. The molecule has 2 aromatic carbocycles. The van der Waals surface area contributed by atoms with Crippen molar-refractivity contribution in [2.45, 2.75) is 18.9 Å². The minimum atomic E-state index is -0.638. The molecule has 0 aliphatic carbocycles. The van der Waals surface area contributed by atoms with Crippen molar-refractivity contribution < 1.29 is 14.3 Å². The Balaban J connectivity index is 1.63. The molecule has 142 valence electrons. The van der Waals surface area contributed by atoms with Gasteiger partial charge in [-0.1, -0.05) is 49.4 Å². The summed E-state index contributed by atoms with van der Waals surface area (Å²) in [4.78, 5) is 26.4. The fraction of sp³-hybridized carbons (Fsp3) is 0.333. The predicted molar refractivity (Wildman–Crippen MR) is 105 cm³/mol. The van der Waals surface area contributed by atoms with E-state index in [2.05, 4.69) is 29.7 Å². The zero-order chi connectivity index (χ0) is 19.2. The van der Waals surface area contributed by atoms with Gasteiger partial charge in [-0.3, -0.25) is 9.59 Å². The van der Waals surface area contributed by atoms with E-state index in [4.69, 9.17) is 4.74 Å². The van der Waals surface area contributed by atoms with Crippen molar-refractivity contribution in [1.82, 2.24) is 10.6 Å². The highest BCUT2D eigenvalue weighted by molar-refractivity contribution is 5.86. The average molecular weight is 367 g/mol. The van der Waals surface area contributed by atoms with Crippen LogP contribution in [0.2, 0.25) is 0 Å². The van der Waals surface area contributed by atoms with Crippen molar-refractivity contribution in [2.24, 2.45) is 0 Å². The molecule has 0 fully saturated rings. The van der Waals surface area contributed by atoms with E-state index in [1.807, 2.05) is 47.4 Å². The van der Waals surface area contributed by atoms with Crippen molar-refractivity contribution in [2.75, 3.05) is 31.6 Å². The zero-order valence-electron chi connectivity index (χ0n) is 15.6. The zero-order valence-corrected chi connectivity index (χ0v) is 15.6. The fourth-order valence-electron chi connectivity index (χ4n) is 3.15. The lowest BCUT2D eigenvalue weighted by Crippen LogP contribution is -2.50. The van der Waals surface area contributed by atoms with Crippen LogP contribution in [0.4, 0.5) is 5.69 Å². The second-order valence-electron chi connectivity index (χ2n) is 6.68. The maximum Gasteiger partial charge on any atom is 0.262 e. The number of likely N-dealkylation sites (N-methyl/N-ethyl adjacent to an activating group) is 1. The number of benzene rings is 2. The first-order chi connectivity index (χ1) is 13.1. The number of hydrogen-bond acceptors (Lipinski definition) is 4. The van der Waals surface area contributed by atoms with E-state index < -0.39 is 6.10 Å². The summed E-state index contributed by atoms with van der Waals surface area (Å²) >= 11 is 0. The highest BCUT2D eigenvalue weighted by Gasteiger charge is 2.30. The standard InChI is InChI=1S/C21H25N3O3/c1-15(16-8-4-3-5-9-16)12-23-20(25)14-24-13-19(21(26)22-2)27-18-11-7-6-10-17(18)24/h3-11,15,19H,12-14H2,1-2H3,(H,22,26)(H,23,25)/t15-,19-/m1/s1. The first kappa shape index (κ1) is 18.8. The van der Waals surface area contributed by atoms with Crippen molar-refractivity contribution in [3.05, 3.63) is 60.2 Å². The Morgan fingerprint density at radius 3 is 2.59 bits per heavy atom. The van der Waals surface area contributed by atoms with Crippen LogP contribution in [0.5, 0.6) is 5.75 Å². The maximum absolute atomic E-state index is 12.5. The van der Waals surface area contributed by atoms with Gasteiger partial charge in [0.1, 0.15) is 5.75 Å². The molecule has 1 aliphatic heterocycles. The van der Waals surface area contributed by atoms with Gasteiger partial charge in [0.25, 0.3) is 5.91 Å². The topological polar surface area (TPSA) is 70.7 Å². The first-order valence-corrected chi connectivity index (χ1v) is 9.12. The number of ether oxygens (including phenoxy) is 1. The number of carbonyl (C=O) groups is 2. The number of anilines is 1. The average Bonchev–Trinajstić information content (AvgIpc) is 2.72. The van der Waals surface area contributed by atoms with Crippen LogP contribution in [-0.4, -0.2) is 44.6 Å². The lowest BCUT2D eigenvalue weighted by atomic mass is 10.0. The van der Waals surface area contributed by atoms with E-state index >= 15 is 0 Å². The molecule has 0 unspecified atom stereocenters. The normalized spacial score (nSPS) is 16.7. The Hall–Kier alpha value is -3.02. The van der Waals surface area contributed by atoms with Crippen LogP contribution in [0.15, 0.2) is 54.6 Å². The molecule has 0 saturated heterocycles. The smallest absolute Gasteiger partial charge is 0.262 e. The van der Waals surface area contributed by atoms with Crippen LogP contribution in [0.3, 0.4) is 0 Å². The van der Waals surface area contributed by atoms with Crippen molar-refractivity contribution in [3.8, 4) is 5.75 Å². The Morgan fingerprint density at radius 2 is 1.85 bits per heavy atom. The van der Waals surface area contributed by atoms with Gasteiger partial charge in [-0.2, -0.15) is 0 Å². The summed E-state index contributed by atoms with van der Waals surface area (Å²) < 4.78 is 5.77. The highest BCUT2D eigenvalue weighted by Crippen LogP contribution is 2.32. The van der Waals surface area contributed by atoms with Crippen LogP contribution in [0.25, 0.3) is 0 Å². The number of amides is 2. The quantitative estimate of drug-likeness (QED) is 0.818. The molecule has 2 atom stereocenters. The van der Waals surface area contributed by atoms with Gasteiger partial charge in [0, 0.05) is 13.6 Å². The molecular weight excluding hydrogens is 342 g/mol. The third-order valence-corrected chi connectivity index (χ3v) is 4.71. The Kier molecular flexibility index (Phi) is 5.96. The molecule has 1 heterocycles. The highest BCUT2D eigenvalue weighted by atomic mass is 16.5. The number of carbonyl (C=O) groups excluding carboxylic acids is 2. The molecular formula is C21H25N3O3. The molecule has 2 N–H and O–H groups in total. The molecule has 0 aromatic heterocycles. The van der Waals surface area contributed by atoms with Gasteiger partial charge >= 0.3 is 0 Å². The van der Waals surface area contributed by atoms with Gasteiger partial charge in [0.2, 0.25) is 5.91 Å². The molecule has 2 aromatic rings. The molecule has 0 saturated carbocycles. The van der Waals surface area contributed by atoms with Crippen LogP contribution in [-0.2, 0) is 9.59 Å². The number of fused-ring (bicyclic) bond motifs is 1. The van der Waals surface area contributed by atoms with Gasteiger partial charge in [0.15, 0.2) is 6.10 Å². The summed E-state index contributed by atoms with van der Waals surface area (Å²) in [5.74, 6) is 0.561. The maximum atomic E-state index is 12.5.